The Balaban J connectivity index is 2.80. The molecule has 1 fully saturated rings. The van der Waals surface area contributed by atoms with E-state index in [0.717, 1.165) is 0 Å². The molecule has 1 heterocycles. The molecule has 0 aromatic rings. The molecule has 0 bridgehead atoms. The van der Waals surface area contributed by atoms with Gasteiger partial charge >= 0.3 is 11.9 Å². The summed E-state index contributed by atoms with van der Waals surface area (Å²) in [4.78, 5) is 36.0. The van der Waals surface area contributed by atoms with Gasteiger partial charge in [0.1, 0.15) is 0 Å². The highest BCUT2D eigenvalue weighted by Gasteiger charge is 2.46. The Kier molecular flexibility index (Phi) is 5.56. The monoisotopic (exact) mass is 281 g/mol. The minimum absolute atomic E-state index is 0.192. The van der Waals surface area contributed by atoms with E-state index in [1.807, 2.05) is 0 Å². The lowest BCUT2D eigenvalue weighted by Gasteiger charge is -2.43. The van der Waals surface area contributed by atoms with E-state index in [9.17, 15) is 14.4 Å². The zero-order valence-electron chi connectivity index (χ0n) is 11.9. The van der Waals surface area contributed by atoms with E-state index < -0.39 is 18.2 Å². The van der Waals surface area contributed by atoms with Crippen LogP contribution in [-0.2, 0) is 23.9 Å². The minimum Gasteiger partial charge on any atom is -0.459 e. The quantitative estimate of drug-likeness (QED) is 0.410. The third kappa shape index (κ3) is 3.98. The van der Waals surface area contributed by atoms with Crippen LogP contribution in [0.3, 0.4) is 0 Å². The molecule has 0 N–H and O–H groups in total. The summed E-state index contributed by atoms with van der Waals surface area (Å²) in [5, 5.41) is 0. The molecule has 1 rings (SSSR count). The second-order valence-corrected chi connectivity index (χ2v) is 4.85. The molecule has 2 atom stereocenters. The third-order valence-electron chi connectivity index (χ3n) is 2.80. The molecule has 110 valence electrons. The number of β-lactam (4-membered cyclic amide) rings is 1. The van der Waals surface area contributed by atoms with Gasteiger partial charge in [0.2, 0.25) is 5.91 Å². The Bertz CT molecular complexity index is 437. The largest absolute Gasteiger partial charge is 0.459 e. The predicted octanol–water partition coefficient (Wildman–Crippen LogP) is 0.841. The molecular weight excluding hydrogens is 262 g/mol. The lowest BCUT2D eigenvalue weighted by Crippen LogP contribution is -2.61. The first kappa shape index (κ1) is 16.0. The highest BCUT2D eigenvalue weighted by molar-refractivity contribution is 5.89. The maximum absolute atomic E-state index is 12.0. The SMILES string of the molecule is C#CCCC1CC(=O)N1C(OC(C)=O)C(=O)OC(C)C. The summed E-state index contributed by atoms with van der Waals surface area (Å²) in [6.45, 7) is 4.53. The number of ether oxygens (including phenoxy) is 2. The van der Waals surface area contributed by atoms with Crippen LogP contribution in [0.4, 0.5) is 0 Å². The Morgan fingerprint density at radius 2 is 2.10 bits per heavy atom. The van der Waals surface area contributed by atoms with Crippen LogP contribution >= 0.6 is 0 Å². The highest BCUT2D eigenvalue weighted by Crippen LogP contribution is 2.27. The number of hydrogen-bond donors (Lipinski definition) is 0. The number of carbonyl (C=O) groups is 3. The van der Waals surface area contributed by atoms with Crippen molar-refractivity contribution in [3.63, 3.8) is 0 Å². The zero-order chi connectivity index (χ0) is 15.3. The van der Waals surface area contributed by atoms with Crippen molar-refractivity contribution in [1.82, 2.24) is 4.90 Å². The van der Waals surface area contributed by atoms with Gasteiger partial charge in [-0.1, -0.05) is 0 Å². The summed E-state index contributed by atoms with van der Waals surface area (Å²) in [6.07, 6.45) is 4.86. The summed E-state index contributed by atoms with van der Waals surface area (Å²) in [6, 6.07) is -0.192. The molecule has 6 heteroatoms. The van der Waals surface area contributed by atoms with Gasteiger partial charge in [0.15, 0.2) is 0 Å². The number of amides is 1. The summed E-state index contributed by atoms with van der Waals surface area (Å²) in [5.41, 5.74) is 0. The molecule has 0 radical (unpaired) electrons. The van der Waals surface area contributed by atoms with Gasteiger partial charge < -0.3 is 9.47 Å². The van der Waals surface area contributed by atoms with Crippen molar-refractivity contribution in [3.05, 3.63) is 0 Å². The normalized spacial score (nSPS) is 19.1. The molecule has 1 saturated heterocycles. The van der Waals surface area contributed by atoms with Crippen molar-refractivity contribution >= 4 is 17.8 Å². The lowest BCUT2D eigenvalue weighted by molar-refractivity contribution is -0.197. The van der Waals surface area contributed by atoms with Crippen LogP contribution in [-0.4, -0.2) is 41.1 Å². The average molecular weight is 281 g/mol. The van der Waals surface area contributed by atoms with Gasteiger partial charge in [-0.15, -0.1) is 12.3 Å². The van der Waals surface area contributed by atoms with Crippen molar-refractivity contribution in [1.29, 1.82) is 0 Å². The molecule has 1 aliphatic heterocycles. The molecule has 1 amide bonds. The molecule has 0 saturated carbocycles. The minimum atomic E-state index is -1.32. The van der Waals surface area contributed by atoms with E-state index in [2.05, 4.69) is 5.92 Å². The molecule has 2 unspecified atom stereocenters. The van der Waals surface area contributed by atoms with Crippen LogP contribution in [0.15, 0.2) is 0 Å². The molecule has 0 aromatic heterocycles. The van der Waals surface area contributed by atoms with Crippen molar-refractivity contribution in [2.75, 3.05) is 0 Å². The Morgan fingerprint density at radius 3 is 2.55 bits per heavy atom. The fourth-order valence-corrected chi connectivity index (χ4v) is 1.98. The average Bonchev–Trinajstić information content (AvgIpc) is 2.31. The van der Waals surface area contributed by atoms with Gasteiger partial charge in [-0.2, -0.15) is 0 Å². The fraction of sp³-hybridized carbons (Fsp3) is 0.643. The van der Waals surface area contributed by atoms with Crippen LogP contribution in [0, 0.1) is 12.3 Å². The summed E-state index contributed by atoms with van der Waals surface area (Å²) in [7, 11) is 0. The summed E-state index contributed by atoms with van der Waals surface area (Å²) >= 11 is 0. The smallest absolute Gasteiger partial charge is 0.369 e. The van der Waals surface area contributed by atoms with Crippen molar-refractivity contribution in [2.24, 2.45) is 0 Å². The maximum atomic E-state index is 12.0. The first-order valence-corrected chi connectivity index (χ1v) is 6.49. The van der Waals surface area contributed by atoms with Crippen LogP contribution in [0.1, 0.15) is 40.0 Å². The van der Waals surface area contributed by atoms with E-state index in [0.29, 0.717) is 19.3 Å². The number of hydrogen-bond acceptors (Lipinski definition) is 5. The van der Waals surface area contributed by atoms with Crippen molar-refractivity contribution in [2.45, 2.75) is 58.4 Å². The second kappa shape index (κ2) is 6.94. The molecular formula is C14H19NO5. The first-order valence-electron chi connectivity index (χ1n) is 6.49. The van der Waals surface area contributed by atoms with Crippen molar-refractivity contribution in [3.8, 4) is 12.3 Å². The number of nitrogens with zero attached hydrogens (tertiary/aromatic N) is 1. The highest BCUT2D eigenvalue weighted by atomic mass is 16.6. The summed E-state index contributed by atoms with van der Waals surface area (Å²) < 4.78 is 9.96. The van der Waals surface area contributed by atoms with Gasteiger partial charge in [-0.05, 0) is 20.3 Å². The molecule has 0 spiro atoms. The van der Waals surface area contributed by atoms with Crippen LogP contribution in [0.25, 0.3) is 0 Å². The Labute approximate surface area is 118 Å². The van der Waals surface area contributed by atoms with Gasteiger partial charge in [0, 0.05) is 25.8 Å². The second-order valence-electron chi connectivity index (χ2n) is 4.85. The molecule has 1 aliphatic rings. The lowest BCUT2D eigenvalue weighted by atomic mass is 9.96. The molecule has 6 nitrogen and oxygen atoms in total. The van der Waals surface area contributed by atoms with Gasteiger partial charge in [-0.25, -0.2) is 4.79 Å². The zero-order valence-corrected chi connectivity index (χ0v) is 11.9. The van der Waals surface area contributed by atoms with Gasteiger partial charge in [-0.3, -0.25) is 14.5 Å². The maximum Gasteiger partial charge on any atom is 0.369 e. The number of rotatable bonds is 6. The van der Waals surface area contributed by atoms with E-state index in [-0.39, 0.29) is 18.1 Å². The van der Waals surface area contributed by atoms with E-state index in [4.69, 9.17) is 15.9 Å². The Hall–Kier alpha value is -2.03. The fourth-order valence-electron chi connectivity index (χ4n) is 1.98. The van der Waals surface area contributed by atoms with Crippen LogP contribution in [0.5, 0.6) is 0 Å². The third-order valence-corrected chi connectivity index (χ3v) is 2.80. The molecule has 20 heavy (non-hydrogen) atoms. The standard InChI is InChI=1S/C14H19NO5/c1-5-6-7-11-8-12(17)15(11)13(20-10(4)16)14(18)19-9(2)3/h1,9,11,13H,6-8H2,2-4H3. The topological polar surface area (TPSA) is 72.9 Å². The Morgan fingerprint density at radius 1 is 1.45 bits per heavy atom. The van der Waals surface area contributed by atoms with Crippen LogP contribution < -0.4 is 0 Å². The van der Waals surface area contributed by atoms with E-state index >= 15 is 0 Å². The van der Waals surface area contributed by atoms with Gasteiger partial charge in [0.25, 0.3) is 6.23 Å². The van der Waals surface area contributed by atoms with E-state index in [1.54, 1.807) is 13.8 Å². The van der Waals surface area contributed by atoms with Crippen molar-refractivity contribution < 1.29 is 23.9 Å². The van der Waals surface area contributed by atoms with Gasteiger partial charge in [0.05, 0.1) is 6.10 Å². The molecule has 0 aromatic carbocycles. The van der Waals surface area contributed by atoms with E-state index in [1.165, 1.54) is 11.8 Å². The van der Waals surface area contributed by atoms with Crippen LogP contribution in [0.2, 0.25) is 0 Å². The number of esters is 2. The number of terminal acetylenes is 1. The predicted molar refractivity (Wildman–Crippen MR) is 70.1 cm³/mol. The first-order chi connectivity index (χ1) is 9.36. The molecule has 0 aliphatic carbocycles. The number of carbonyl (C=O) groups excluding carboxylic acids is 3. The number of likely N-dealkylation sites (tertiary alicyclic amines) is 1. The summed E-state index contributed by atoms with van der Waals surface area (Å²) in [5.74, 6) is 0.842.